The molecule has 0 saturated carbocycles. The summed E-state index contributed by atoms with van der Waals surface area (Å²) in [6.45, 7) is 0. The third kappa shape index (κ3) is 5.63. The molecule has 2 nitrogen and oxygen atoms in total. The summed E-state index contributed by atoms with van der Waals surface area (Å²) in [6, 6.07) is 6.64. The first-order valence-electron chi connectivity index (χ1n) is 4.76. The molecule has 0 spiro atoms. The molecule has 6 heteroatoms. The van der Waals surface area contributed by atoms with E-state index in [-0.39, 0.29) is 6.42 Å². The number of alkyl halides is 3. The number of rotatable bonds is 4. The number of methoxy groups -OCH3 is 1. The van der Waals surface area contributed by atoms with Gasteiger partial charge in [-0.05, 0) is 17.7 Å². The van der Waals surface area contributed by atoms with Gasteiger partial charge in [-0.25, -0.2) is 0 Å². The van der Waals surface area contributed by atoms with Crippen LogP contribution in [0.1, 0.15) is 5.56 Å². The van der Waals surface area contributed by atoms with Crippen LogP contribution in [0.15, 0.2) is 24.3 Å². The van der Waals surface area contributed by atoms with Crippen molar-refractivity contribution in [3.8, 4) is 5.75 Å². The lowest BCUT2D eigenvalue weighted by Crippen LogP contribution is -2.13. The summed E-state index contributed by atoms with van der Waals surface area (Å²) in [4.78, 5) is 11.2. The largest absolute Gasteiger partial charge is 0.497 e. The summed E-state index contributed by atoms with van der Waals surface area (Å²) in [6.07, 6.45) is -4.31. The molecule has 1 aromatic rings. The van der Waals surface area contributed by atoms with E-state index < -0.39 is 17.0 Å². The van der Waals surface area contributed by atoms with Crippen molar-refractivity contribution < 1.29 is 22.7 Å². The van der Waals surface area contributed by atoms with Gasteiger partial charge in [-0.2, -0.15) is 13.2 Å². The molecule has 0 aromatic heterocycles. The molecule has 0 aliphatic carbocycles. The molecule has 0 bridgehead atoms. The first kappa shape index (κ1) is 13.9. The Bertz CT molecular complexity index is 373. The highest BCUT2D eigenvalue weighted by Crippen LogP contribution is 2.22. The predicted molar refractivity (Wildman–Crippen MR) is 60.2 cm³/mol. The van der Waals surface area contributed by atoms with Gasteiger partial charge < -0.3 is 4.74 Å². The molecule has 0 amide bonds. The topological polar surface area (TPSA) is 26.3 Å². The summed E-state index contributed by atoms with van der Waals surface area (Å²) in [5.41, 5.74) is 0.672. The molecule has 17 heavy (non-hydrogen) atoms. The van der Waals surface area contributed by atoms with Gasteiger partial charge in [-0.3, -0.25) is 4.79 Å². The molecular weight excluding hydrogens is 253 g/mol. The highest BCUT2D eigenvalue weighted by molar-refractivity contribution is 8.13. The highest BCUT2D eigenvalue weighted by Gasteiger charge is 2.28. The van der Waals surface area contributed by atoms with E-state index in [9.17, 15) is 18.0 Å². The number of hydrogen-bond acceptors (Lipinski definition) is 3. The minimum absolute atomic E-state index is 0.00919. The number of carbonyl (C=O) groups excluding carboxylic acids is 1. The number of carbonyl (C=O) groups is 1. The van der Waals surface area contributed by atoms with Gasteiger partial charge in [0.15, 0.2) is 5.12 Å². The van der Waals surface area contributed by atoms with Crippen molar-refractivity contribution in [2.75, 3.05) is 12.9 Å². The maximum atomic E-state index is 11.9. The molecule has 0 heterocycles. The van der Waals surface area contributed by atoms with E-state index >= 15 is 0 Å². The molecular formula is C11H11F3O2S. The number of halogens is 3. The molecule has 1 rings (SSSR count). The van der Waals surface area contributed by atoms with Gasteiger partial charge in [-0.1, -0.05) is 23.9 Å². The molecule has 94 valence electrons. The third-order valence-corrected chi connectivity index (χ3v) is 2.84. The highest BCUT2D eigenvalue weighted by atomic mass is 32.2. The Morgan fingerprint density at radius 2 is 1.88 bits per heavy atom. The zero-order chi connectivity index (χ0) is 12.9. The summed E-state index contributed by atoms with van der Waals surface area (Å²) < 4.78 is 40.5. The van der Waals surface area contributed by atoms with E-state index in [1.807, 2.05) is 0 Å². The summed E-state index contributed by atoms with van der Waals surface area (Å²) >= 11 is 0.293. The molecule has 0 fully saturated rings. The Labute approximate surface area is 101 Å². The first-order valence-corrected chi connectivity index (χ1v) is 5.74. The van der Waals surface area contributed by atoms with E-state index in [1.165, 1.54) is 7.11 Å². The second-order valence-electron chi connectivity index (χ2n) is 3.30. The molecule has 0 unspecified atom stereocenters. The van der Waals surface area contributed by atoms with Gasteiger partial charge in [0.2, 0.25) is 0 Å². The molecule has 0 N–H and O–H groups in total. The van der Waals surface area contributed by atoms with Crippen molar-refractivity contribution in [2.24, 2.45) is 0 Å². The maximum Gasteiger partial charge on any atom is 0.398 e. The normalized spacial score (nSPS) is 11.3. The lowest BCUT2D eigenvalue weighted by molar-refractivity contribution is -0.113. The van der Waals surface area contributed by atoms with E-state index in [4.69, 9.17) is 4.74 Å². The fourth-order valence-electron chi connectivity index (χ4n) is 1.12. The van der Waals surface area contributed by atoms with Crippen molar-refractivity contribution in [1.29, 1.82) is 0 Å². The van der Waals surface area contributed by atoms with Crippen molar-refractivity contribution in [3.05, 3.63) is 29.8 Å². The summed E-state index contributed by atoms with van der Waals surface area (Å²) in [5, 5.41) is -0.493. The number of thioether (sulfide) groups is 1. The van der Waals surface area contributed by atoms with Crippen LogP contribution in [0.4, 0.5) is 13.2 Å². The van der Waals surface area contributed by atoms with E-state index in [0.717, 1.165) is 0 Å². The molecule has 1 aromatic carbocycles. The smallest absolute Gasteiger partial charge is 0.398 e. The van der Waals surface area contributed by atoms with Crippen LogP contribution < -0.4 is 4.74 Å². The Balaban J connectivity index is 2.45. The molecule has 0 aliphatic heterocycles. The van der Waals surface area contributed by atoms with Gasteiger partial charge in [0.25, 0.3) is 0 Å². The van der Waals surface area contributed by atoms with Crippen LogP contribution in [-0.2, 0) is 11.2 Å². The van der Waals surface area contributed by atoms with Crippen LogP contribution in [0.5, 0.6) is 5.75 Å². The monoisotopic (exact) mass is 264 g/mol. The number of hydrogen-bond donors (Lipinski definition) is 0. The van der Waals surface area contributed by atoms with Crippen LogP contribution in [0.2, 0.25) is 0 Å². The van der Waals surface area contributed by atoms with Crippen molar-refractivity contribution in [2.45, 2.75) is 12.6 Å². The molecule has 0 radical (unpaired) electrons. The fraction of sp³-hybridized carbons (Fsp3) is 0.364. The predicted octanol–water partition coefficient (Wildman–Crippen LogP) is 3.06. The van der Waals surface area contributed by atoms with E-state index in [2.05, 4.69) is 0 Å². The first-order chi connectivity index (χ1) is 7.90. The third-order valence-electron chi connectivity index (χ3n) is 1.90. The van der Waals surface area contributed by atoms with E-state index in [1.54, 1.807) is 24.3 Å². The van der Waals surface area contributed by atoms with Crippen molar-refractivity contribution in [3.63, 3.8) is 0 Å². The number of benzene rings is 1. The van der Waals surface area contributed by atoms with Gasteiger partial charge in [0.1, 0.15) is 5.75 Å². The summed E-state index contributed by atoms with van der Waals surface area (Å²) in [5.74, 6) is -0.494. The lowest BCUT2D eigenvalue weighted by atomic mass is 10.2. The second kappa shape index (κ2) is 5.95. The molecule has 0 saturated heterocycles. The average molecular weight is 264 g/mol. The van der Waals surface area contributed by atoms with Gasteiger partial charge in [0.05, 0.1) is 12.9 Å². The maximum absolute atomic E-state index is 11.9. The van der Waals surface area contributed by atoms with Crippen LogP contribution in [0.25, 0.3) is 0 Å². The quantitative estimate of drug-likeness (QED) is 0.836. The lowest BCUT2D eigenvalue weighted by Gasteiger charge is -2.05. The van der Waals surface area contributed by atoms with Crippen molar-refractivity contribution in [1.82, 2.24) is 0 Å². The van der Waals surface area contributed by atoms with Crippen LogP contribution in [-0.4, -0.2) is 24.2 Å². The summed E-state index contributed by atoms with van der Waals surface area (Å²) in [7, 11) is 1.51. The van der Waals surface area contributed by atoms with Gasteiger partial charge >= 0.3 is 6.18 Å². The average Bonchev–Trinajstić information content (AvgIpc) is 2.27. The van der Waals surface area contributed by atoms with Crippen LogP contribution in [0, 0.1) is 0 Å². The Hall–Kier alpha value is -1.17. The Kier molecular flexibility index (Phi) is 4.86. The minimum Gasteiger partial charge on any atom is -0.497 e. The van der Waals surface area contributed by atoms with Crippen LogP contribution >= 0.6 is 11.8 Å². The Morgan fingerprint density at radius 3 is 2.35 bits per heavy atom. The Morgan fingerprint density at radius 1 is 1.29 bits per heavy atom. The van der Waals surface area contributed by atoms with Crippen LogP contribution in [0.3, 0.4) is 0 Å². The number of ether oxygens (including phenoxy) is 1. The second-order valence-corrected chi connectivity index (χ2v) is 4.33. The molecule has 0 aliphatic rings. The van der Waals surface area contributed by atoms with Crippen molar-refractivity contribution >= 4 is 16.9 Å². The zero-order valence-corrected chi connectivity index (χ0v) is 9.90. The van der Waals surface area contributed by atoms with E-state index in [0.29, 0.717) is 23.1 Å². The van der Waals surface area contributed by atoms with Gasteiger partial charge in [-0.15, -0.1) is 0 Å². The minimum atomic E-state index is -4.31. The fourth-order valence-corrected chi connectivity index (χ4v) is 1.72. The molecule has 0 atom stereocenters. The zero-order valence-electron chi connectivity index (χ0n) is 9.08. The van der Waals surface area contributed by atoms with Gasteiger partial charge in [0, 0.05) is 6.42 Å². The SMILES string of the molecule is COc1ccc(CC(=O)SCC(F)(F)F)cc1. The standard InChI is InChI=1S/C11H11F3O2S/c1-16-9-4-2-8(3-5-9)6-10(15)17-7-11(12,13)14/h2-5H,6-7H2,1H3.